The van der Waals surface area contributed by atoms with Crippen LogP contribution in [0.15, 0.2) is 132 Å². The van der Waals surface area contributed by atoms with Crippen LogP contribution < -0.4 is 0 Å². The minimum atomic E-state index is 0.927. The van der Waals surface area contributed by atoms with Crippen molar-refractivity contribution in [2.24, 2.45) is 0 Å². The molecule has 178 valence electrons. The third-order valence-electron chi connectivity index (χ3n) is 7.87. The molecule has 0 bridgehead atoms. The molecule has 0 amide bonds. The van der Waals surface area contributed by atoms with Crippen LogP contribution in [0.4, 0.5) is 0 Å². The molecule has 8 aromatic rings. The standard InChI is InChI=1S/C37H24O/c1-23-18-26(20-27(19-23)25-15-17-34-33-12-6-7-13-36(33)38-37(34)22-25)24-14-16-32-30-10-3-2-8-28(30)29-9-4-5-11-31(29)35(32)21-24/h2-22H,1H3. The molecular weight excluding hydrogens is 460 g/mol. The summed E-state index contributed by atoms with van der Waals surface area (Å²) in [4.78, 5) is 0. The third kappa shape index (κ3) is 3.19. The van der Waals surface area contributed by atoms with Gasteiger partial charge >= 0.3 is 0 Å². The maximum absolute atomic E-state index is 6.18. The summed E-state index contributed by atoms with van der Waals surface area (Å²) >= 11 is 0. The maximum Gasteiger partial charge on any atom is 0.136 e. The molecule has 0 saturated heterocycles. The quantitative estimate of drug-likeness (QED) is 0.222. The Bertz CT molecular complexity index is 2160. The van der Waals surface area contributed by atoms with E-state index < -0.39 is 0 Å². The first kappa shape index (κ1) is 21.2. The van der Waals surface area contributed by atoms with Crippen LogP contribution in [-0.4, -0.2) is 0 Å². The molecule has 0 saturated carbocycles. The van der Waals surface area contributed by atoms with Crippen molar-refractivity contribution >= 4 is 54.3 Å². The van der Waals surface area contributed by atoms with Crippen LogP contribution in [0.2, 0.25) is 0 Å². The lowest BCUT2D eigenvalue weighted by Crippen LogP contribution is -1.87. The smallest absolute Gasteiger partial charge is 0.136 e. The van der Waals surface area contributed by atoms with Crippen molar-refractivity contribution in [1.82, 2.24) is 0 Å². The van der Waals surface area contributed by atoms with Gasteiger partial charge in [0.2, 0.25) is 0 Å². The number of aryl methyl sites for hydroxylation is 1. The van der Waals surface area contributed by atoms with Crippen molar-refractivity contribution in [2.75, 3.05) is 0 Å². The van der Waals surface area contributed by atoms with Crippen LogP contribution >= 0.6 is 0 Å². The lowest BCUT2D eigenvalue weighted by molar-refractivity contribution is 0.669. The second kappa shape index (κ2) is 8.06. The topological polar surface area (TPSA) is 13.1 Å². The second-order valence-corrected chi connectivity index (χ2v) is 10.2. The molecule has 0 radical (unpaired) electrons. The highest BCUT2D eigenvalue weighted by Crippen LogP contribution is 2.38. The maximum atomic E-state index is 6.18. The van der Waals surface area contributed by atoms with E-state index in [1.54, 1.807) is 0 Å². The Balaban J connectivity index is 1.32. The molecule has 1 aromatic heterocycles. The largest absolute Gasteiger partial charge is 0.456 e. The zero-order chi connectivity index (χ0) is 25.2. The third-order valence-corrected chi connectivity index (χ3v) is 7.87. The first-order valence-electron chi connectivity index (χ1n) is 13.1. The lowest BCUT2D eigenvalue weighted by atomic mass is 9.91. The Labute approximate surface area is 220 Å². The van der Waals surface area contributed by atoms with Gasteiger partial charge in [0.1, 0.15) is 11.2 Å². The first-order valence-corrected chi connectivity index (χ1v) is 13.1. The molecule has 0 fully saturated rings. The molecule has 0 aliphatic rings. The molecule has 38 heavy (non-hydrogen) atoms. The molecule has 0 atom stereocenters. The highest BCUT2D eigenvalue weighted by Gasteiger charge is 2.12. The van der Waals surface area contributed by atoms with E-state index in [2.05, 4.69) is 122 Å². The van der Waals surface area contributed by atoms with Crippen LogP contribution in [0.5, 0.6) is 0 Å². The average Bonchev–Trinajstić information content (AvgIpc) is 3.35. The number of hydrogen-bond donors (Lipinski definition) is 0. The average molecular weight is 485 g/mol. The van der Waals surface area contributed by atoms with Gasteiger partial charge in [-0.1, -0.05) is 97.1 Å². The van der Waals surface area contributed by atoms with Crippen LogP contribution in [0, 0.1) is 6.92 Å². The summed E-state index contributed by atoms with van der Waals surface area (Å²) in [6, 6.07) is 46.1. The van der Waals surface area contributed by atoms with Gasteiger partial charge in [-0.2, -0.15) is 0 Å². The van der Waals surface area contributed by atoms with E-state index in [4.69, 9.17) is 4.42 Å². The Kier molecular flexibility index (Phi) is 4.50. The Hall–Kier alpha value is -4.88. The summed E-state index contributed by atoms with van der Waals surface area (Å²) in [5.41, 5.74) is 7.92. The fraction of sp³-hybridized carbons (Fsp3) is 0.0270. The zero-order valence-electron chi connectivity index (χ0n) is 21.0. The van der Waals surface area contributed by atoms with E-state index in [0.29, 0.717) is 0 Å². The van der Waals surface area contributed by atoms with Crippen molar-refractivity contribution in [1.29, 1.82) is 0 Å². The van der Waals surface area contributed by atoms with Crippen LogP contribution in [0.25, 0.3) is 76.5 Å². The van der Waals surface area contributed by atoms with Gasteiger partial charge in [-0.25, -0.2) is 0 Å². The van der Waals surface area contributed by atoms with E-state index in [9.17, 15) is 0 Å². The fourth-order valence-electron chi connectivity index (χ4n) is 6.11. The molecule has 0 spiro atoms. The van der Waals surface area contributed by atoms with Crippen LogP contribution in [0.1, 0.15) is 5.56 Å². The van der Waals surface area contributed by atoms with Gasteiger partial charge in [-0.3, -0.25) is 0 Å². The van der Waals surface area contributed by atoms with E-state index in [1.165, 1.54) is 60.1 Å². The molecule has 0 aliphatic heterocycles. The fourth-order valence-corrected chi connectivity index (χ4v) is 6.11. The van der Waals surface area contributed by atoms with Crippen LogP contribution in [0.3, 0.4) is 0 Å². The molecule has 8 rings (SSSR count). The number of para-hydroxylation sites is 1. The zero-order valence-corrected chi connectivity index (χ0v) is 21.0. The molecule has 0 aliphatic carbocycles. The molecule has 0 N–H and O–H groups in total. The van der Waals surface area contributed by atoms with Crippen molar-refractivity contribution in [3.8, 4) is 22.3 Å². The van der Waals surface area contributed by atoms with Gasteiger partial charge in [0, 0.05) is 10.8 Å². The summed E-state index contributed by atoms with van der Waals surface area (Å²) < 4.78 is 6.18. The van der Waals surface area contributed by atoms with Crippen molar-refractivity contribution in [3.05, 3.63) is 133 Å². The predicted molar refractivity (Wildman–Crippen MR) is 162 cm³/mol. The summed E-state index contributed by atoms with van der Waals surface area (Å²) in [5.74, 6) is 0. The Morgan fingerprint density at radius 3 is 1.47 bits per heavy atom. The summed E-state index contributed by atoms with van der Waals surface area (Å²) in [6.07, 6.45) is 0. The van der Waals surface area contributed by atoms with Gasteiger partial charge in [0.15, 0.2) is 0 Å². The molecular formula is C37H24O. The normalized spacial score (nSPS) is 11.8. The Morgan fingerprint density at radius 2 is 0.816 bits per heavy atom. The molecule has 7 aromatic carbocycles. The summed E-state index contributed by atoms with van der Waals surface area (Å²) in [7, 11) is 0. The van der Waals surface area contributed by atoms with Gasteiger partial charge in [0.05, 0.1) is 0 Å². The number of fused-ring (bicyclic) bond motifs is 9. The molecule has 0 unspecified atom stereocenters. The first-order chi connectivity index (χ1) is 18.7. The van der Waals surface area contributed by atoms with Crippen molar-refractivity contribution in [3.63, 3.8) is 0 Å². The highest BCUT2D eigenvalue weighted by atomic mass is 16.3. The van der Waals surface area contributed by atoms with Gasteiger partial charge < -0.3 is 4.42 Å². The SMILES string of the molecule is Cc1cc(-c2ccc3c(c2)oc2ccccc23)cc(-c2ccc3c4ccccc4c4ccccc4c3c2)c1. The molecule has 1 heterocycles. The number of benzene rings is 7. The van der Waals surface area contributed by atoms with Gasteiger partial charge in [-0.15, -0.1) is 0 Å². The van der Waals surface area contributed by atoms with Crippen molar-refractivity contribution < 1.29 is 4.42 Å². The van der Waals surface area contributed by atoms with E-state index >= 15 is 0 Å². The van der Waals surface area contributed by atoms with Crippen molar-refractivity contribution in [2.45, 2.75) is 6.92 Å². The van der Waals surface area contributed by atoms with Gasteiger partial charge in [-0.05, 0) is 97.4 Å². The van der Waals surface area contributed by atoms with Crippen LogP contribution in [-0.2, 0) is 0 Å². The highest BCUT2D eigenvalue weighted by molar-refractivity contribution is 6.25. The number of rotatable bonds is 2. The summed E-state index contributed by atoms with van der Waals surface area (Å²) in [6.45, 7) is 2.18. The minimum absolute atomic E-state index is 0.927. The predicted octanol–water partition coefficient (Wildman–Crippen LogP) is 10.7. The monoisotopic (exact) mass is 484 g/mol. The van der Waals surface area contributed by atoms with E-state index in [-0.39, 0.29) is 0 Å². The molecule has 1 nitrogen and oxygen atoms in total. The summed E-state index contributed by atoms with van der Waals surface area (Å²) in [5, 5.41) is 10.1. The number of hydrogen-bond acceptors (Lipinski definition) is 1. The number of furan rings is 1. The Morgan fingerprint density at radius 1 is 0.342 bits per heavy atom. The second-order valence-electron chi connectivity index (χ2n) is 10.2. The lowest BCUT2D eigenvalue weighted by Gasteiger charge is -2.13. The molecule has 1 heteroatoms. The van der Waals surface area contributed by atoms with Gasteiger partial charge in [0.25, 0.3) is 0 Å². The minimum Gasteiger partial charge on any atom is -0.456 e. The van der Waals surface area contributed by atoms with E-state index in [0.717, 1.165) is 21.9 Å². The van der Waals surface area contributed by atoms with E-state index in [1.807, 2.05) is 12.1 Å².